The van der Waals surface area contributed by atoms with E-state index in [1.807, 2.05) is 39.0 Å². The number of fused-ring (bicyclic) bond motifs is 1. The average molecular weight is 332 g/mol. The predicted molar refractivity (Wildman–Crippen MR) is 86.1 cm³/mol. The van der Waals surface area contributed by atoms with Crippen molar-refractivity contribution in [3.05, 3.63) is 48.3 Å². The Bertz CT molecular complexity index is 869. The minimum absolute atomic E-state index is 0. The van der Waals surface area contributed by atoms with Crippen LogP contribution >= 0.6 is 0 Å². The molecule has 3 heterocycles. The number of imidazole rings is 1. The number of nitrogens with zero attached hydrogens (tertiary/aromatic N) is 3. The van der Waals surface area contributed by atoms with Crippen molar-refractivity contribution in [1.82, 2.24) is 14.4 Å². The van der Waals surface area contributed by atoms with Crippen LogP contribution in [0.4, 0.5) is 5.82 Å². The quantitative estimate of drug-likeness (QED) is 0.621. The third-order valence-electron chi connectivity index (χ3n) is 3.27. The number of pyridine rings is 2. The number of rotatable bonds is 3. The first kappa shape index (κ1) is 18.4. The molecular weight excluding hydrogens is 315 g/mol. The van der Waals surface area contributed by atoms with Gasteiger partial charge in [0.2, 0.25) is 0 Å². The van der Waals surface area contributed by atoms with Crippen molar-refractivity contribution in [2.75, 3.05) is 5.32 Å². The summed E-state index contributed by atoms with van der Waals surface area (Å²) in [5, 5.41) is 14.7. The number of anilines is 1. The molecule has 6 nitrogen and oxygen atoms in total. The van der Waals surface area contributed by atoms with Crippen molar-refractivity contribution in [1.29, 1.82) is 0 Å². The van der Waals surface area contributed by atoms with Gasteiger partial charge in [0.1, 0.15) is 17.2 Å². The van der Waals surface area contributed by atoms with Crippen LogP contribution in [0, 0.1) is 0 Å². The third kappa shape index (κ3) is 3.61. The molecule has 0 spiro atoms. The van der Waals surface area contributed by atoms with Gasteiger partial charge < -0.3 is 15.2 Å². The van der Waals surface area contributed by atoms with Crippen LogP contribution in [0.1, 0.15) is 31.1 Å². The predicted octanol–water partition coefficient (Wildman–Crippen LogP) is -1.03. The zero-order valence-corrected chi connectivity index (χ0v) is 16.2. The van der Waals surface area contributed by atoms with Crippen molar-refractivity contribution >= 4 is 17.4 Å². The molecular formula is C17H17N4NaO2. The molecule has 3 aromatic rings. The normalized spacial score (nSPS) is 11.1. The summed E-state index contributed by atoms with van der Waals surface area (Å²) < 4.78 is 1.72. The summed E-state index contributed by atoms with van der Waals surface area (Å²) in [6.07, 6.45) is 3.45. The number of carbonyl (C=O) groups excluding carboxylic acids is 1. The van der Waals surface area contributed by atoms with Crippen molar-refractivity contribution in [2.45, 2.75) is 26.3 Å². The van der Waals surface area contributed by atoms with Gasteiger partial charge in [-0.3, -0.25) is 9.38 Å². The van der Waals surface area contributed by atoms with E-state index in [-0.39, 0.29) is 40.7 Å². The van der Waals surface area contributed by atoms with Crippen molar-refractivity contribution in [3.63, 3.8) is 0 Å². The molecule has 0 bridgehead atoms. The molecule has 3 rings (SSSR count). The molecule has 7 heteroatoms. The molecule has 0 saturated carbocycles. The largest absolute Gasteiger partial charge is 1.00 e. The van der Waals surface area contributed by atoms with Gasteiger partial charge in [0.25, 0.3) is 0 Å². The number of carboxylic acid groups (broad SMARTS) is 1. The summed E-state index contributed by atoms with van der Waals surface area (Å²) in [5.41, 5.74) is 1.43. The molecule has 24 heavy (non-hydrogen) atoms. The van der Waals surface area contributed by atoms with E-state index in [4.69, 9.17) is 0 Å². The second kappa shape index (κ2) is 6.93. The van der Waals surface area contributed by atoms with E-state index < -0.39 is 5.97 Å². The molecule has 0 atom stereocenters. The number of hydrogen-bond acceptors (Lipinski definition) is 5. The second-order valence-electron chi connectivity index (χ2n) is 6.30. The standard InChI is InChI=1S/C17H18N4O2.Na/c1-17(2,3)20-15-13(12-8-4-5-9-18-12)19-14-11(16(22)23)7-6-10-21(14)15;/h4-10,20H,1-3H3,(H,22,23);/q;+1/p-1. The molecule has 0 unspecified atom stereocenters. The molecule has 118 valence electrons. The van der Waals surface area contributed by atoms with Gasteiger partial charge in [0.15, 0.2) is 0 Å². The van der Waals surface area contributed by atoms with Crippen LogP contribution in [0.2, 0.25) is 0 Å². The summed E-state index contributed by atoms with van der Waals surface area (Å²) in [4.78, 5) is 20.2. The van der Waals surface area contributed by atoms with Crippen LogP contribution in [0.5, 0.6) is 0 Å². The molecule has 1 N–H and O–H groups in total. The van der Waals surface area contributed by atoms with Crippen molar-refractivity contribution < 1.29 is 39.5 Å². The first-order valence-electron chi connectivity index (χ1n) is 7.29. The Morgan fingerprint density at radius 1 is 1.21 bits per heavy atom. The number of carboxylic acids is 1. The summed E-state index contributed by atoms with van der Waals surface area (Å²) in [5.74, 6) is -0.551. The molecule has 0 aliphatic rings. The molecule has 0 saturated heterocycles. The zero-order valence-electron chi connectivity index (χ0n) is 14.2. The molecule has 0 aliphatic carbocycles. The fraction of sp³-hybridized carbons (Fsp3) is 0.235. The third-order valence-corrected chi connectivity index (χ3v) is 3.27. The summed E-state index contributed by atoms with van der Waals surface area (Å²) in [6, 6.07) is 8.68. The van der Waals surface area contributed by atoms with Gasteiger partial charge in [-0.15, -0.1) is 0 Å². The molecule has 0 aliphatic heterocycles. The number of nitrogens with one attached hydrogen (secondary N) is 1. The maximum Gasteiger partial charge on any atom is 1.00 e. The fourth-order valence-corrected chi connectivity index (χ4v) is 2.38. The summed E-state index contributed by atoms with van der Waals surface area (Å²) in [6.45, 7) is 6.07. The molecule has 3 aromatic heterocycles. The van der Waals surface area contributed by atoms with Gasteiger partial charge in [-0.05, 0) is 45.0 Å². The van der Waals surface area contributed by atoms with E-state index in [1.54, 1.807) is 22.9 Å². The van der Waals surface area contributed by atoms with Gasteiger partial charge in [0, 0.05) is 23.5 Å². The first-order valence-corrected chi connectivity index (χ1v) is 7.29. The Hall–Kier alpha value is -1.89. The van der Waals surface area contributed by atoms with E-state index in [0.717, 1.165) is 0 Å². The van der Waals surface area contributed by atoms with Crippen LogP contribution in [0.3, 0.4) is 0 Å². The Labute approximate surface area is 162 Å². The Morgan fingerprint density at radius 3 is 2.54 bits per heavy atom. The van der Waals surface area contributed by atoms with Crippen LogP contribution in [-0.2, 0) is 0 Å². The molecule has 0 fully saturated rings. The number of aromatic carboxylic acids is 1. The van der Waals surface area contributed by atoms with Crippen molar-refractivity contribution in [2.24, 2.45) is 0 Å². The number of hydrogen-bond donors (Lipinski definition) is 1. The first-order chi connectivity index (χ1) is 10.9. The smallest absolute Gasteiger partial charge is 0.545 e. The van der Waals surface area contributed by atoms with Crippen LogP contribution in [0.15, 0.2) is 42.7 Å². The Kier molecular flexibility index (Phi) is 5.32. The van der Waals surface area contributed by atoms with E-state index >= 15 is 0 Å². The zero-order chi connectivity index (χ0) is 16.6. The van der Waals surface area contributed by atoms with E-state index in [1.165, 1.54) is 6.07 Å². The average Bonchev–Trinajstić information content (AvgIpc) is 2.85. The topological polar surface area (TPSA) is 82.3 Å². The minimum atomic E-state index is -1.25. The van der Waals surface area contributed by atoms with Crippen LogP contribution in [-0.4, -0.2) is 25.9 Å². The maximum atomic E-state index is 11.4. The summed E-state index contributed by atoms with van der Waals surface area (Å²) >= 11 is 0. The molecule has 0 amide bonds. The second-order valence-corrected chi connectivity index (χ2v) is 6.30. The summed E-state index contributed by atoms with van der Waals surface area (Å²) in [7, 11) is 0. The molecule has 0 aromatic carbocycles. The minimum Gasteiger partial charge on any atom is -0.545 e. The van der Waals surface area contributed by atoms with E-state index in [2.05, 4.69) is 15.3 Å². The van der Waals surface area contributed by atoms with Gasteiger partial charge in [-0.1, -0.05) is 6.07 Å². The SMILES string of the molecule is CC(C)(C)Nc1c(-c2ccccn2)nc2c(C(=O)[O-])cccn12.[Na+]. The number of aromatic nitrogens is 3. The van der Waals surface area contributed by atoms with Crippen LogP contribution < -0.4 is 40.0 Å². The monoisotopic (exact) mass is 332 g/mol. The van der Waals surface area contributed by atoms with Crippen molar-refractivity contribution in [3.8, 4) is 11.4 Å². The van der Waals surface area contributed by atoms with Gasteiger partial charge in [-0.25, -0.2) is 4.98 Å². The number of carbonyl (C=O) groups is 1. The van der Waals surface area contributed by atoms with Gasteiger partial charge >= 0.3 is 29.6 Å². The maximum absolute atomic E-state index is 11.4. The van der Waals surface area contributed by atoms with E-state index in [0.29, 0.717) is 22.9 Å². The van der Waals surface area contributed by atoms with Gasteiger partial charge in [-0.2, -0.15) is 0 Å². The van der Waals surface area contributed by atoms with Crippen LogP contribution in [0.25, 0.3) is 17.0 Å². The van der Waals surface area contributed by atoms with E-state index in [9.17, 15) is 9.90 Å². The fourth-order valence-electron chi connectivity index (χ4n) is 2.38. The Balaban J connectivity index is 0.00000208. The molecule has 0 radical (unpaired) electrons. The van der Waals surface area contributed by atoms with Gasteiger partial charge in [0.05, 0.1) is 11.7 Å². The Morgan fingerprint density at radius 2 is 1.96 bits per heavy atom.